The van der Waals surface area contributed by atoms with Crippen molar-refractivity contribution >= 4 is 11.4 Å². The summed E-state index contributed by atoms with van der Waals surface area (Å²) in [7, 11) is 0. The van der Waals surface area contributed by atoms with Gasteiger partial charge in [0, 0.05) is 31.0 Å². The van der Waals surface area contributed by atoms with E-state index in [1.54, 1.807) is 5.56 Å². The monoisotopic (exact) mass is 244 g/mol. The molecule has 2 aliphatic heterocycles. The van der Waals surface area contributed by atoms with E-state index in [0.717, 1.165) is 12.5 Å². The molecule has 0 radical (unpaired) electrons. The smallest absolute Gasteiger partial charge is 0.0419 e. The van der Waals surface area contributed by atoms with E-state index < -0.39 is 0 Å². The maximum Gasteiger partial charge on any atom is 0.0419 e. The van der Waals surface area contributed by atoms with Gasteiger partial charge in [-0.25, -0.2) is 0 Å². The molecule has 98 valence electrons. The number of rotatable bonds is 2. The fraction of sp³-hybridized carbons (Fsp3) is 0.625. The van der Waals surface area contributed by atoms with Crippen molar-refractivity contribution in [3.63, 3.8) is 0 Å². The highest BCUT2D eigenvalue weighted by molar-refractivity contribution is 5.68. The lowest BCUT2D eigenvalue weighted by molar-refractivity contribution is 0.394. The molecule has 1 N–H and O–H groups in total. The lowest BCUT2D eigenvalue weighted by Crippen LogP contribution is -2.34. The second-order valence-electron chi connectivity index (χ2n) is 5.67. The molecule has 0 aromatic heterocycles. The van der Waals surface area contributed by atoms with Gasteiger partial charge in [0.2, 0.25) is 0 Å². The third-order valence-electron chi connectivity index (χ3n) is 4.60. The van der Waals surface area contributed by atoms with Crippen LogP contribution in [0.2, 0.25) is 0 Å². The first-order valence-electron chi connectivity index (χ1n) is 7.49. The van der Waals surface area contributed by atoms with Gasteiger partial charge >= 0.3 is 0 Å². The fourth-order valence-electron chi connectivity index (χ4n) is 3.37. The van der Waals surface area contributed by atoms with Crippen LogP contribution in [0.15, 0.2) is 18.2 Å². The Morgan fingerprint density at radius 3 is 2.89 bits per heavy atom. The van der Waals surface area contributed by atoms with E-state index in [1.807, 2.05) is 0 Å². The molecule has 0 spiro atoms. The lowest BCUT2D eigenvalue weighted by Gasteiger charge is -2.35. The highest BCUT2D eigenvalue weighted by atomic mass is 15.1. The predicted molar refractivity (Wildman–Crippen MR) is 78.5 cm³/mol. The fourth-order valence-corrected chi connectivity index (χ4v) is 3.37. The summed E-state index contributed by atoms with van der Waals surface area (Å²) >= 11 is 0. The van der Waals surface area contributed by atoms with Crippen molar-refractivity contribution in [3.05, 3.63) is 23.8 Å². The molecule has 0 atom stereocenters. The average Bonchev–Trinajstić information content (AvgIpc) is 2.47. The second-order valence-corrected chi connectivity index (χ2v) is 5.67. The van der Waals surface area contributed by atoms with Crippen molar-refractivity contribution in [2.24, 2.45) is 5.92 Å². The number of hydrogen-bond acceptors (Lipinski definition) is 2. The Kier molecular flexibility index (Phi) is 3.44. The first kappa shape index (κ1) is 11.9. The Labute approximate surface area is 110 Å². The molecule has 1 aromatic rings. The van der Waals surface area contributed by atoms with Gasteiger partial charge < -0.3 is 10.2 Å². The highest BCUT2D eigenvalue weighted by Crippen LogP contribution is 2.34. The summed E-state index contributed by atoms with van der Waals surface area (Å²) in [4.78, 5) is 2.61. The Hall–Kier alpha value is -1.18. The molecule has 2 heterocycles. The van der Waals surface area contributed by atoms with Gasteiger partial charge in [-0.05, 0) is 49.3 Å². The van der Waals surface area contributed by atoms with Crippen LogP contribution in [-0.2, 0) is 6.42 Å². The van der Waals surface area contributed by atoms with Crippen molar-refractivity contribution in [2.75, 3.05) is 29.9 Å². The van der Waals surface area contributed by atoms with E-state index in [4.69, 9.17) is 0 Å². The zero-order valence-corrected chi connectivity index (χ0v) is 11.4. The minimum absolute atomic E-state index is 0.957. The molecule has 0 bridgehead atoms. The molecule has 1 saturated heterocycles. The number of benzene rings is 1. The van der Waals surface area contributed by atoms with Crippen LogP contribution < -0.4 is 10.2 Å². The summed E-state index contributed by atoms with van der Waals surface area (Å²) in [5.74, 6) is 0.957. The minimum Gasteiger partial charge on any atom is -0.385 e. The largest absolute Gasteiger partial charge is 0.385 e. The average molecular weight is 244 g/mol. The van der Waals surface area contributed by atoms with Crippen LogP contribution in [0.5, 0.6) is 0 Å². The van der Waals surface area contributed by atoms with Gasteiger partial charge in [-0.1, -0.05) is 19.4 Å². The zero-order valence-electron chi connectivity index (χ0n) is 11.4. The predicted octanol–water partition coefficient (Wildman–Crippen LogP) is 3.67. The van der Waals surface area contributed by atoms with Gasteiger partial charge in [-0.3, -0.25) is 0 Å². The van der Waals surface area contributed by atoms with Gasteiger partial charge in [-0.2, -0.15) is 0 Å². The molecular formula is C16H24N2. The van der Waals surface area contributed by atoms with Crippen molar-refractivity contribution in [1.29, 1.82) is 0 Å². The quantitative estimate of drug-likeness (QED) is 0.854. The van der Waals surface area contributed by atoms with Crippen LogP contribution in [0.4, 0.5) is 11.4 Å². The van der Waals surface area contributed by atoms with Gasteiger partial charge in [-0.15, -0.1) is 0 Å². The van der Waals surface area contributed by atoms with E-state index in [-0.39, 0.29) is 0 Å². The first-order chi connectivity index (χ1) is 8.88. The molecule has 2 nitrogen and oxygen atoms in total. The number of piperidine rings is 1. The summed E-state index contributed by atoms with van der Waals surface area (Å²) in [6.45, 7) is 5.95. The topological polar surface area (TPSA) is 15.3 Å². The third-order valence-corrected chi connectivity index (χ3v) is 4.60. The second kappa shape index (κ2) is 5.21. The van der Waals surface area contributed by atoms with Gasteiger partial charge in [0.25, 0.3) is 0 Å². The Morgan fingerprint density at radius 1 is 1.28 bits per heavy atom. The number of anilines is 2. The maximum absolute atomic E-state index is 3.54. The van der Waals surface area contributed by atoms with Crippen molar-refractivity contribution in [3.8, 4) is 0 Å². The Morgan fingerprint density at radius 2 is 2.11 bits per heavy atom. The van der Waals surface area contributed by atoms with Crippen LogP contribution in [-0.4, -0.2) is 19.6 Å². The molecule has 1 aromatic carbocycles. The normalized spacial score (nSPS) is 20.4. The molecule has 3 rings (SSSR count). The van der Waals surface area contributed by atoms with Crippen LogP contribution >= 0.6 is 0 Å². The molecule has 2 aliphatic rings. The lowest BCUT2D eigenvalue weighted by atomic mass is 9.93. The van der Waals surface area contributed by atoms with Crippen molar-refractivity contribution < 1.29 is 0 Å². The molecule has 0 unspecified atom stereocenters. The Bertz CT molecular complexity index is 406. The first-order valence-corrected chi connectivity index (χ1v) is 7.49. The van der Waals surface area contributed by atoms with Crippen molar-refractivity contribution in [2.45, 2.75) is 39.0 Å². The van der Waals surface area contributed by atoms with Gasteiger partial charge in [0.05, 0.1) is 0 Å². The highest BCUT2D eigenvalue weighted by Gasteiger charge is 2.21. The Balaban J connectivity index is 1.80. The van der Waals surface area contributed by atoms with Crippen LogP contribution in [0.1, 0.15) is 38.2 Å². The molecule has 2 heteroatoms. The van der Waals surface area contributed by atoms with E-state index in [2.05, 4.69) is 35.3 Å². The summed E-state index contributed by atoms with van der Waals surface area (Å²) < 4.78 is 0. The van der Waals surface area contributed by atoms with Crippen LogP contribution in [0, 0.1) is 5.92 Å². The standard InChI is InChI=1S/C16H24N2/c1-2-13-8-11-18(12-9-13)16-7-3-6-15-14(16)5-4-10-17-15/h3,6-7,13,17H,2,4-5,8-12H2,1H3. The third kappa shape index (κ3) is 2.21. The van der Waals surface area contributed by atoms with Crippen LogP contribution in [0.3, 0.4) is 0 Å². The zero-order chi connectivity index (χ0) is 12.4. The van der Waals surface area contributed by atoms with E-state index in [1.165, 1.54) is 56.6 Å². The minimum atomic E-state index is 0.957. The van der Waals surface area contributed by atoms with Crippen LogP contribution in [0.25, 0.3) is 0 Å². The summed E-state index contributed by atoms with van der Waals surface area (Å²) in [6.07, 6.45) is 6.60. The summed E-state index contributed by atoms with van der Waals surface area (Å²) in [5, 5.41) is 3.54. The molecule has 0 aliphatic carbocycles. The summed E-state index contributed by atoms with van der Waals surface area (Å²) in [6, 6.07) is 6.76. The van der Waals surface area contributed by atoms with Crippen molar-refractivity contribution in [1.82, 2.24) is 0 Å². The van der Waals surface area contributed by atoms with E-state index in [9.17, 15) is 0 Å². The SMILES string of the molecule is CCC1CCN(c2cccc3c2CCCN3)CC1. The molecule has 0 amide bonds. The molecule has 18 heavy (non-hydrogen) atoms. The number of nitrogens with one attached hydrogen (secondary N) is 1. The molecule has 0 saturated carbocycles. The van der Waals surface area contributed by atoms with Gasteiger partial charge in [0.15, 0.2) is 0 Å². The van der Waals surface area contributed by atoms with E-state index >= 15 is 0 Å². The summed E-state index contributed by atoms with van der Waals surface area (Å²) in [5.41, 5.74) is 4.42. The maximum atomic E-state index is 3.54. The number of nitrogens with zero attached hydrogens (tertiary/aromatic N) is 1. The number of fused-ring (bicyclic) bond motifs is 1. The van der Waals surface area contributed by atoms with Gasteiger partial charge in [0.1, 0.15) is 0 Å². The molecule has 1 fully saturated rings. The molecular weight excluding hydrogens is 220 g/mol. The van der Waals surface area contributed by atoms with E-state index in [0.29, 0.717) is 0 Å². The number of hydrogen-bond donors (Lipinski definition) is 1.